The van der Waals surface area contributed by atoms with Gasteiger partial charge in [-0.15, -0.1) is 0 Å². The minimum Gasteiger partial charge on any atom is -0.317 e. The summed E-state index contributed by atoms with van der Waals surface area (Å²) in [6.07, 6.45) is 1.11. The summed E-state index contributed by atoms with van der Waals surface area (Å²) < 4.78 is 0. The molecule has 3 aromatic carbocycles. The molecule has 0 amide bonds. The van der Waals surface area contributed by atoms with Crippen molar-refractivity contribution in [3.63, 3.8) is 0 Å². The third-order valence-corrected chi connectivity index (χ3v) is 5.34. The molecule has 25 heavy (non-hydrogen) atoms. The highest BCUT2D eigenvalue weighted by Crippen LogP contribution is 2.32. The van der Waals surface area contributed by atoms with Gasteiger partial charge in [-0.05, 0) is 54.9 Å². The Hall–Kier alpha value is -2.03. The van der Waals surface area contributed by atoms with E-state index in [4.69, 9.17) is 0 Å². The Morgan fingerprint density at radius 1 is 0.720 bits per heavy atom. The van der Waals surface area contributed by atoms with Gasteiger partial charge in [0.2, 0.25) is 0 Å². The van der Waals surface area contributed by atoms with Crippen molar-refractivity contribution in [3.05, 3.63) is 96.1 Å². The van der Waals surface area contributed by atoms with Crippen LogP contribution in [0.5, 0.6) is 0 Å². The molecule has 0 radical (unpaired) electrons. The number of rotatable bonds is 8. The molecule has 1 N–H and O–H groups in total. The molecule has 1 atom stereocenters. The minimum atomic E-state index is 0.441. The Kier molecular flexibility index (Phi) is 6.72. The average molecular weight is 348 g/mol. The van der Waals surface area contributed by atoms with Gasteiger partial charge in [0.1, 0.15) is 0 Å². The molecule has 0 saturated heterocycles. The van der Waals surface area contributed by atoms with Gasteiger partial charge >= 0.3 is 0 Å². The Labute approximate surface area is 155 Å². The van der Waals surface area contributed by atoms with Crippen molar-refractivity contribution in [1.82, 2.24) is 5.32 Å². The largest absolute Gasteiger partial charge is 0.317 e. The fourth-order valence-corrected chi connectivity index (χ4v) is 3.86. The third-order valence-electron chi connectivity index (χ3n) is 4.32. The molecule has 3 rings (SSSR count). The maximum absolute atomic E-state index is 3.46. The van der Waals surface area contributed by atoms with E-state index in [0.29, 0.717) is 5.92 Å². The Morgan fingerprint density at radius 3 is 1.92 bits per heavy atom. The molecule has 0 bridgehead atoms. The summed E-state index contributed by atoms with van der Waals surface area (Å²) in [7, 11) is 0. The molecule has 2 heteroatoms. The van der Waals surface area contributed by atoms with Crippen LogP contribution in [0.25, 0.3) is 0 Å². The molecular weight excluding hydrogens is 322 g/mol. The summed E-state index contributed by atoms with van der Waals surface area (Å²) in [6.45, 7) is 4.22. The standard InChI is InChI=1S/C23H25NS/c1-2-24-18-17-23(19-9-5-3-6-10-19)20-13-15-22(16-14-20)25-21-11-7-4-8-12-21/h3-16,23-24H,2,17-18H2,1H3. The molecule has 128 valence electrons. The van der Waals surface area contributed by atoms with Crippen LogP contribution in [0.15, 0.2) is 94.7 Å². The fraction of sp³-hybridized carbons (Fsp3) is 0.217. The predicted molar refractivity (Wildman–Crippen MR) is 108 cm³/mol. The summed E-state index contributed by atoms with van der Waals surface area (Å²) in [6, 6.07) is 30.4. The minimum absolute atomic E-state index is 0.441. The molecule has 0 fully saturated rings. The molecule has 0 aromatic heterocycles. The van der Waals surface area contributed by atoms with E-state index >= 15 is 0 Å². The quantitative estimate of drug-likeness (QED) is 0.504. The zero-order chi connectivity index (χ0) is 17.3. The summed E-state index contributed by atoms with van der Waals surface area (Å²) in [5, 5.41) is 3.46. The van der Waals surface area contributed by atoms with Crippen LogP contribution in [-0.4, -0.2) is 13.1 Å². The zero-order valence-electron chi connectivity index (χ0n) is 14.7. The van der Waals surface area contributed by atoms with Crippen molar-refractivity contribution >= 4 is 11.8 Å². The third kappa shape index (κ3) is 5.22. The molecule has 0 aliphatic rings. The van der Waals surface area contributed by atoms with E-state index in [9.17, 15) is 0 Å². The second-order valence-electron chi connectivity index (χ2n) is 6.09. The lowest BCUT2D eigenvalue weighted by atomic mass is 9.88. The highest BCUT2D eigenvalue weighted by molar-refractivity contribution is 7.99. The highest BCUT2D eigenvalue weighted by Gasteiger charge is 2.13. The lowest BCUT2D eigenvalue weighted by molar-refractivity contribution is 0.628. The SMILES string of the molecule is CCNCCC(c1ccccc1)c1ccc(Sc2ccccc2)cc1. The van der Waals surface area contributed by atoms with Crippen LogP contribution in [-0.2, 0) is 0 Å². The van der Waals surface area contributed by atoms with E-state index in [1.807, 2.05) is 11.8 Å². The van der Waals surface area contributed by atoms with Gasteiger partial charge in [0.25, 0.3) is 0 Å². The molecule has 0 aliphatic heterocycles. The van der Waals surface area contributed by atoms with E-state index in [1.165, 1.54) is 20.9 Å². The normalized spacial score (nSPS) is 12.0. The number of hydrogen-bond donors (Lipinski definition) is 1. The van der Waals surface area contributed by atoms with Crippen molar-refractivity contribution in [2.45, 2.75) is 29.1 Å². The summed E-state index contributed by atoms with van der Waals surface area (Å²) in [4.78, 5) is 2.57. The van der Waals surface area contributed by atoms with Gasteiger partial charge in [-0.2, -0.15) is 0 Å². The van der Waals surface area contributed by atoms with Crippen molar-refractivity contribution in [1.29, 1.82) is 0 Å². The van der Waals surface area contributed by atoms with Gasteiger partial charge in [-0.25, -0.2) is 0 Å². The molecule has 3 aromatic rings. The summed E-state index contributed by atoms with van der Waals surface area (Å²) >= 11 is 1.81. The second kappa shape index (κ2) is 9.45. The molecule has 0 heterocycles. The first-order chi connectivity index (χ1) is 12.4. The molecule has 1 nitrogen and oxygen atoms in total. The topological polar surface area (TPSA) is 12.0 Å². The van der Waals surface area contributed by atoms with Crippen molar-refractivity contribution in [3.8, 4) is 0 Å². The monoisotopic (exact) mass is 347 g/mol. The van der Waals surface area contributed by atoms with Crippen molar-refractivity contribution in [2.24, 2.45) is 0 Å². The van der Waals surface area contributed by atoms with E-state index < -0.39 is 0 Å². The number of nitrogens with one attached hydrogen (secondary N) is 1. The van der Waals surface area contributed by atoms with Crippen molar-refractivity contribution < 1.29 is 0 Å². The van der Waals surface area contributed by atoms with Crippen LogP contribution in [0.4, 0.5) is 0 Å². The summed E-state index contributed by atoms with van der Waals surface area (Å²) in [5.41, 5.74) is 2.78. The lowest BCUT2D eigenvalue weighted by Gasteiger charge is -2.18. The molecular formula is C23H25NS. The second-order valence-corrected chi connectivity index (χ2v) is 7.24. The van der Waals surface area contributed by atoms with Gasteiger partial charge in [-0.3, -0.25) is 0 Å². The highest BCUT2D eigenvalue weighted by atomic mass is 32.2. The van der Waals surface area contributed by atoms with Gasteiger partial charge in [0.15, 0.2) is 0 Å². The predicted octanol–water partition coefficient (Wildman–Crippen LogP) is 5.97. The van der Waals surface area contributed by atoms with Crippen LogP contribution in [0.3, 0.4) is 0 Å². The van der Waals surface area contributed by atoms with E-state index in [0.717, 1.165) is 19.5 Å². The van der Waals surface area contributed by atoms with Crippen LogP contribution >= 0.6 is 11.8 Å². The van der Waals surface area contributed by atoms with Gasteiger partial charge in [-0.1, -0.05) is 79.3 Å². The van der Waals surface area contributed by atoms with Crippen LogP contribution in [0, 0.1) is 0 Å². The van der Waals surface area contributed by atoms with Gasteiger partial charge in [0, 0.05) is 15.7 Å². The molecule has 0 saturated carbocycles. The lowest BCUT2D eigenvalue weighted by Crippen LogP contribution is -2.17. The van der Waals surface area contributed by atoms with E-state index in [2.05, 4.69) is 97.2 Å². The van der Waals surface area contributed by atoms with Crippen LogP contribution in [0.1, 0.15) is 30.4 Å². The summed E-state index contributed by atoms with van der Waals surface area (Å²) in [5.74, 6) is 0.441. The zero-order valence-corrected chi connectivity index (χ0v) is 15.5. The maximum atomic E-state index is 3.46. The number of hydrogen-bond acceptors (Lipinski definition) is 2. The van der Waals surface area contributed by atoms with Gasteiger partial charge < -0.3 is 5.32 Å². The fourth-order valence-electron chi connectivity index (χ4n) is 3.03. The first-order valence-electron chi connectivity index (χ1n) is 8.95. The van der Waals surface area contributed by atoms with E-state index in [-0.39, 0.29) is 0 Å². The Bertz CT molecular complexity index is 738. The Balaban J connectivity index is 1.76. The van der Waals surface area contributed by atoms with Crippen LogP contribution in [0.2, 0.25) is 0 Å². The van der Waals surface area contributed by atoms with Crippen LogP contribution < -0.4 is 5.32 Å². The average Bonchev–Trinajstić information content (AvgIpc) is 2.68. The molecule has 0 spiro atoms. The number of benzene rings is 3. The van der Waals surface area contributed by atoms with Gasteiger partial charge in [0.05, 0.1) is 0 Å². The first kappa shape index (κ1) is 17.8. The molecule has 1 unspecified atom stereocenters. The first-order valence-corrected chi connectivity index (χ1v) is 9.77. The van der Waals surface area contributed by atoms with E-state index in [1.54, 1.807) is 0 Å². The smallest absolute Gasteiger partial charge is 0.0122 e. The molecule has 0 aliphatic carbocycles. The Morgan fingerprint density at radius 2 is 1.28 bits per heavy atom. The van der Waals surface area contributed by atoms with Crippen molar-refractivity contribution in [2.75, 3.05) is 13.1 Å². The maximum Gasteiger partial charge on any atom is 0.0122 e.